The Kier molecular flexibility index (Phi) is 9.21. The number of rotatable bonds is 4. The molecule has 4 fully saturated rings. The van der Waals surface area contributed by atoms with Crippen LogP contribution in [-0.2, 0) is 27.4 Å². The first-order valence-corrected chi connectivity index (χ1v) is 20.6. The lowest BCUT2D eigenvalue weighted by atomic mass is 9.93. The van der Waals surface area contributed by atoms with E-state index in [-0.39, 0.29) is 68.8 Å². The van der Waals surface area contributed by atoms with Gasteiger partial charge < -0.3 is 33.8 Å². The fraction of sp³-hybridized carbons (Fsp3) is 0.561. The van der Waals surface area contributed by atoms with Crippen molar-refractivity contribution in [2.75, 3.05) is 61.4 Å². The molecule has 3 aromatic heterocycles. The van der Waals surface area contributed by atoms with Gasteiger partial charge in [-0.3, -0.25) is 10.3 Å². The predicted octanol–water partition coefficient (Wildman–Crippen LogP) is 7.02. The minimum absolute atomic E-state index is 0.0383. The first kappa shape index (κ1) is 38.6. The van der Waals surface area contributed by atoms with Crippen LogP contribution in [0.4, 0.5) is 35.1 Å². The summed E-state index contributed by atoms with van der Waals surface area (Å²) in [6, 6.07) is 1.92. The van der Waals surface area contributed by atoms with Crippen LogP contribution in [0.15, 0.2) is 6.20 Å². The van der Waals surface area contributed by atoms with Gasteiger partial charge in [0, 0.05) is 62.3 Å². The van der Waals surface area contributed by atoms with E-state index in [1.165, 1.54) is 0 Å². The third-order valence-electron chi connectivity index (χ3n) is 11.7. The average molecular weight is 816 g/mol. The average Bonchev–Trinajstić information content (AvgIpc) is 3.95. The molecule has 0 spiro atoms. The van der Waals surface area contributed by atoms with Gasteiger partial charge in [0.1, 0.15) is 33.6 Å². The first-order valence-electron chi connectivity index (χ1n) is 19.8. The number of carbonyl (C=O) groups is 2. The van der Waals surface area contributed by atoms with Crippen LogP contribution in [0.1, 0.15) is 71.1 Å². The number of fused-ring (bicyclic) bond motifs is 7. The number of carbonyl (C=O) groups excluding carboxylic acids is 2. The van der Waals surface area contributed by atoms with Gasteiger partial charge in [-0.05, 0) is 84.4 Å². The predicted molar refractivity (Wildman–Crippen MR) is 215 cm³/mol. The molecular formula is C41H47F2N9O5S. The molecule has 14 nitrogen and oxygen atoms in total. The number of pyridine rings is 1. The fourth-order valence-corrected chi connectivity index (χ4v) is 10.6. The quantitative estimate of drug-likeness (QED) is 0.226. The minimum Gasteiger partial charge on any atom is -0.444 e. The monoisotopic (exact) mass is 815 g/mol. The van der Waals surface area contributed by atoms with Gasteiger partial charge in [-0.25, -0.2) is 23.4 Å². The molecule has 4 atom stereocenters. The van der Waals surface area contributed by atoms with Crippen molar-refractivity contribution >= 4 is 61.3 Å². The molecule has 2 bridgehead atoms. The molecule has 0 aliphatic carbocycles. The first-order chi connectivity index (χ1) is 27.5. The number of benzene rings is 1. The van der Waals surface area contributed by atoms with Crippen molar-refractivity contribution in [3.8, 4) is 17.3 Å². The molecule has 4 unspecified atom stereocenters. The van der Waals surface area contributed by atoms with Gasteiger partial charge in [0.15, 0.2) is 11.6 Å². The molecule has 58 heavy (non-hydrogen) atoms. The van der Waals surface area contributed by atoms with Crippen molar-refractivity contribution in [3.63, 3.8) is 0 Å². The Labute approximate surface area is 339 Å². The molecule has 1 N–H and O–H groups in total. The van der Waals surface area contributed by atoms with E-state index in [9.17, 15) is 14.9 Å². The number of hydrogen-bond acceptors (Lipinski definition) is 13. The van der Waals surface area contributed by atoms with Crippen LogP contribution in [0.25, 0.3) is 32.2 Å². The van der Waals surface area contributed by atoms with Gasteiger partial charge in [-0.2, -0.15) is 10.2 Å². The molecule has 8 heterocycles. The maximum absolute atomic E-state index is 17.9. The molecule has 2 amide bonds. The zero-order chi connectivity index (χ0) is 41.0. The molecule has 0 radical (unpaired) electrons. The van der Waals surface area contributed by atoms with Gasteiger partial charge in [-0.1, -0.05) is 0 Å². The van der Waals surface area contributed by atoms with Crippen LogP contribution in [0, 0.1) is 34.8 Å². The summed E-state index contributed by atoms with van der Waals surface area (Å²) in [4.78, 5) is 49.4. The van der Waals surface area contributed by atoms with Crippen molar-refractivity contribution in [1.29, 1.82) is 5.26 Å². The summed E-state index contributed by atoms with van der Waals surface area (Å²) in [6.07, 6.45) is 1.47. The van der Waals surface area contributed by atoms with Crippen LogP contribution in [0.2, 0.25) is 0 Å². The molecule has 4 saturated heterocycles. The summed E-state index contributed by atoms with van der Waals surface area (Å²) in [5.74, 6) is 0.486. The van der Waals surface area contributed by atoms with Gasteiger partial charge >= 0.3 is 12.2 Å². The zero-order valence-electron chi connectivity index (χ0n) is 33.7. The number of aromatic nitrogens is 3. The van der Waals surface area contributed by atoms with Crippen LogP contribution >= 0.6 is 11.3 Å². The van der Waals surface area contributed by atoms with Crippen molar-refractivity contribution in [1.82, 2.24) is 24.8 Å². The van der Waals surface area contributed by atoms with Crippen LogP contribution in [-0.4, -0.2) is 107 Å². The Bertz CT molecular complexity index is 2400. The molecule has 0 saturated carbocycles. The van der Waals surface area contributed by atoms with E-state index >= 15 is 8.78 Å². The maximum Gasteiger partial charge on any atom is 0.412 e. The van der Waals surface area contributed by atoms with Crippen molar-refractivity contribution < 1.29 is 32.6 Å². The number of nitrogens with one attached hydrogen (secondary N) is 1. The lowest BCUT2D eigenvalue weighted by Gasteiger charge is -2.42. The van der Waals surface area contributed by atoms with E-state index in [0.717, 1.165) is 56.6 Å². The summed E-state index contributed by atoms with van der Waals surface area (Å²) in [5.41, 5.74) is -0.109. The molecule has 306 valence electrons. The summed E-state index contributed by atoms with van der Waals surface area (Å²) in [6.45, 7) is 15.1. The SMILES string of the molecule is CN1CC2CN(c3nc(N4C5CCC4CN(C(=O)OC(C)(C)C)C5)c4c5c(c(-c6ncc(F)c7sc(NC(=O)OC(C)(C)C)c(C#N)c67)c(F)c4n3)COC5)CC2C1. The van der Waals surface area contributed by atoms with E-state index in [2.05, 4.69) is 38.1 Å². The zero-order valence-corrected chi connectivity index (χ0v) is 34.6. The lowest BCUT2D eigenvalue weighted by molar-refractivity contribution is 0.0209. The van der Waals surface area contributed by atoms with Gasteiger partial charge in [0.25, 0.3) is 0 Å². The molecule has 4 aromatic rings. The summed E-state index contributed by atoms with van der Waals surface area (Å²) < 4.78 is 50.8. The van der Waals surface area contributed by atoms with Crippen LogP contribution in [0.3, 0.4) is 0 Å². The van der Waals surface area contributed by atoms with E-state index in [1.54, 1.807) is 25.7 Å². The van der Waals surface area contributed by atoms with Crippen molar-refractivity contribution in [2.45, 2.75) is 90.9 Å². The Balaban J connectivity index is 1.21. The number of nitrogens with zero attached hydrogens (tertiary/aromatic N) is 8. The van der Waals surface area contributed by atoms with Gasteiger partial charge in [0.2, 0.25) is 5.95 Å². The summed E-state index contributed by atoms with van der Waals surface area (Å²) in [7, 11) is 2.13. The maximum atomic E-state index is 17.9. The molecule has 5 aliphatic heterocycles. The lowest BCUT2D eigenvalue weighted by Crippen LogP contribution is -2.56. The number of ether oxygens (including phenoxy) is 3. The van der Waals surface area contributed by atoms with E-state index in [1.807, 2.05) is 20.8 Å². The number of nitriles is 1. The van der Waals surface area contributed by atoms with Gasteiger partial charge in [0.05, 0.1) is 40.8 Å². The second-order valence-electron chi connectivity index (χ2n) is 18.2. The normalized spacial score (nSPS) is 23.1. The summed E-state index contributed by atoms with van der Waals surface area (Å²) in [5, 5.41) is 13.7. The third-order valence-corrected chi connectivity index (χ3v) is 12.8. The molecule has 5 aliphatic rings. The highest BCUT2D eigenvalue weighted by Gasteiger charge is 2.46. The Hall–Kier alpha value is -4.92. The molecular weight excluding hydrogens is 769 g/mol. The topological polar surface area (TPSA) is 149 Å². The van der Waals surface area contributed by atoms with Crippen molar-refractivity contribution in [3.05, 3.63) is 34.5 Å². The molecule has 1 aromatic carbocycles. The van der Waals surface area contributed by atoms with Gasteiger partial charge in [-0.15, -0.1) is 11.3 Å². The van der Waals surface area contributed by atoms with E-state index < -0.39 is 28.9 Å². The van der Waals surface area contributed by atoms with Crippen molar-refractivity contribution in [2.24, 2.45) is 11.8 Å². The summed E-state index contributed by atoms with van der Waals surface area (Å²) >= 11 is 0.860. The number of thiophene rings is 1. The second-order valence-corrected chi connectivity index (χ2v) is 19.3. The van der Waals surface area contributed by atoms with E-state index in [0.29, 0.717) is 53.2 Å². The number of anilines is 3. The number of halogens is 2. The minimum atomic E-state index is -0.824. The second kappa shape index (κ2) is 13.8. The standard InChI is InChI=1S/C41H47F2N9O5S/c1-40(2,3)56-38(53)48-36-24(10-44)29-32(45-11-27(42)34(29)58-36)28-25-18-55-19-26(25)30-33(31(28)43)46-37(50-14-20-12-49(7)13-21(20)15-50)47-35(30)52-22-8-9-23(52)17-51(16-22)39(54)57-41(4,5)6/h11,20-23H,8-9,12-19H2,1-7H3,(H,48,53). The third kappa shape index (κ3) is 6.62. The molecule has 17 heteroatoms. The Morgan fingerprint density at radius 1 is 0.931 bits per heavy atom. The Morgan fingerprint density at radius 2 is 1.59 bits per heavy atom. The number of amides is 2. The van der Waals surface area contributed by atoms with Crippen LogP contribution in [0.5, 0.6) is 0 Å². The largest absolute Gasteiger partial charge is 0.444 e. The highest BCUT2D eigenvalue weighted by molar-refractivity contribution is 7.23. The Morgan fingerprint density at radius 3 is 2.22 bits per heavy atom. The highest BCUT2D eigenvalue weighted by Crippen LogP contribution is 2.49. The fourth-order valence-electron chi connectivity index (χ4n) is 9.54. The highest BCUT2D eigenvalue weighted by atomic mass is 32.1. The number of likely N-dealkylation sites (tertiary alicyclic amines) is 2. The smallest absolute Gasteiger partial charge is 0.412 e. The molecule has 9 rings (SSSR count). The van der Waals surface area contributed by atoms with E-state index in [4.69, 9.17) is 24.2 Å². The number of hydrogen-bond donors (Lipinski definition) is 1. The van der Waals surface area contributed by atoms with Crippen LogP contribution < -0.4 is 15.1 Å². The number of piperazine rings is 1.